The predicted octanol–water partition coefficient (Wildman–Crippen LogP) is 24.9. The van der Waals surface area contributed by atoms with Crippen LogP contribution in [0.4, 0.5) is 0 Å². The summed E-state index contributed by atoms with van der Waals surface area (Å²) in [6, 6.07) is 0. The molecule has 6 nitrogen and oxygen atoms in total. The van der Waals surface area contributed by atoms with Crippen molar-refractivity contribution in [1.82, 2.24) is 0 Å². The summed E-state index contributed by atoms with van der Waals surface area (Å²) in [5, 5.41) is 0. The Hall–Kier alpha value is -2.63. The van der Waals surface area contributed by atoms with Crippen molar-refractivity contribution < 1.29 is 28.6 Å². The Morgan fingerprint density at radius 3 is 0.741 bits per heavy atom. The first-order valence-electron chi connectivity index (χ1n) is 36.1. The minimum absolute atomic E-state index is 0.0742. The zero-order chi connectivity index (χ0) is 58.5. The first-order valence-corrected chi connectivity index (χ1v) is 36.1. The fourth-order valence-corrected chi connectivity index (χ4v) is 10.8. The molecule has 0 spiro atoms. The maximum atomic E-state index is 13.0. The van der Waals surface area contributed by atoms with E-state index in [1.165, 1.54) is 270 Å². The van der Waals surface area contributed by atoms with Gasteiger partial charge in [0.05, 0.1) is 0 Å². The molecule has 0 saturated heterocycles. The molecule has 1 unspecified atom stereocenters. The molecule has 0 saturated carbocycles. The number of allylic oxidation sites excluding steroid dienone is 8. The van der Waals surface area contributed by atoms with Gasteiger partial charge in [-0.25, -0.2) is 0 Å². The molecule has 0 aromatic carbocycles. The first kappa shape index (κ1) is 78.4. The van der Waals surface area contributed by atoms with Crippen LogP contribution in [0.2, 0.25) is 0 Å². The van der Waals surface area contributed by atoms with Crippen LogP contribution in [0.3, 0.4) is 0 Å². The molecule has 0 aliphatic heterocycles. The molecule has 0 bridgehead atoms. The van der Waals surface area contributed by atoms with Crippen molar-refractivity contribution in [2.45, 2.75) is 399 Å². The first-order chi connectivity index (χ1) is 40.0. The number of hydrogen-bond acceptors (Lipinski definition) is 6. The molecule has 0 rings (SSSR count). The van der Waals surface area contributed by atoms with Gasteiger partial charge in [-0.3, -0.25) is 14.4 Å². The van der Waals surface area contributed by atoms with E-state index in [0.717, 1.165) is 83.5 Å². The van der Waals surface area contributed by atoms with Gasteiger partial charge in [0.1, 0.15) is 13.2 Å². The van der Waals surface area contributed by atoms with E-state index in [1.807, 2.05) is 0 Å². The minimum atomic E-state index is -0.779. The summed E-state index contributed by atoms with van der Waals surface area (Å²) in [4.78, 5) is 38.4. The second-order valence-electron chi connectivity index (χ2n) is 24.5. The van der Waals surface area contributed by atoms with Gasteiger partial charge in [-0.05, 0) is 96.3 Å². The van der Waals surface area contributed by atoms with E-state index in [-0.39, 0.29) is 31.1 Å². The molecule has 1 atom stereocenters. The van der Waals surface area contributed by atoms with E-state index in [1.54, 1.807) is 0 Å². The Bertz CT molecular complexity index is 1400. The lowest BCUT2D eigenvalue weighted by atomic mass is 10.0. The van der Waals surface area contributed by atoms with Crippen LogP contribution in [0.5, 0.6) is 0 Å². The van der Waals surface area contributed by atoms with Gasteiger partial charge in [0.2, 0.25) is 0 Å². The van der Waals surface area contributed by atoms with Crippen molar-refractivity contribution in [3.63, 3.8) is 0 Å². The Labute approximate surface area is 505 Å². The van der Waals surface area contributed by atoms with E-state index in [2.05, 4.69) is 69.4 Å². The smallest absolute Gasteiger partial charge is 0.306 e. The lowest BCUT2D eigenvalue weighted by Crippen LogP contribution is -2.30. The highest BCUT2D eigenvalue weighted by Crippen LogP contribution is 2.18. The van der Waals surface area contributed by atoms with Crippen molar-refractivity contribution in [3.05, 3.63) is 48.6 Å². The van der Waals surface area contributed by atoms with Crippen LogP contribution in [-0.2, 0) is 28.6 Å². The van der Waals surface area contributed by atoms with Crippen LogP contribution in [0.25, 0.3) is 0 Å². The van der Waals surface area contributed by atoms with E-state index in [0.29, 0.717) is 19.3 Å². The van der Waals surface area contributed by atoms with Crippen molar-refractivity contribution in [2.24, 2.45) is 0 Å². The van der Waals surface area contributed by atoms with Crippen molar-refractivity contribution in [1.29, 1.82) is 0 Å². The van der Waals surface area contributed by atoms with Crippen LogP contribution in [0.15, 0.2) is 48.6 Å². The Kier molecular flexibility index (Phi) is 67.6. The molecule has 0 aromatic rings. The van der Waals surface area contributed by atoms with Crippen LogP contribution in [-0.4, -0.2) is 37.2 Å². The zero-order valence-corrected chi connectivity index (χ0v) is 54.6. The highest BCUT2D eigenvalue weighted by Gasteiger charge is 2.19. The van der Waals surface area contributed by atoms with Crippen molar-refractivity contribution >= 4 is 17.9 Å². The largest absolute Gasteiger partial charge is 0.462 e. The zero-order valence-electron chi connectivity index (χ0n) is 54.6. The molecular formula is C75H138O6. The van der Waals surface area contributed by atoms with Crippen LogP contribution >= 0.6 is 0 Å². The summed E-state index contributed by atoms with van der Waals surface area (Å²) in [6.45, 7) is 6.63. The quantitative estimate of drug-likeness (QED) is 0.0261. The normalized spacial score (nSPS) is 12.3. The average Bonchev–Trinajstić information content (AvgIpc) is 3.46. The summed E-state index contributed by atoms with van der Waals surface area (Å²) < 4.78 is 17.0. The molecule has 474 valence electrons. The van der Waals surface area contributed by atoms with Crippen LogP contribution in [0, 0.1) is 0 Å². The fraction of sp³-hybridized carbons (Fsp3) is 0.853. The lowest BCUT2D eigenvalue weighted by Gasteiger charge is -2.18. The lowest BCUT2D eigenvalue weighted by molar-refractivity contribution is -0.167. The number of hydrogen-bond donors (Lipinski definition) is 0. The minimum Gasteiger partial charge on any atom is -0.462 e. The molecule has 0 heterocycles. The van der Waals surface area contributed by atoms with Gasteiger partial charge in [-0.15, -0.1) is 0 Å². The highest BCUT2D eigenvalue weighted by molar-refractivity contribution is 5.71. The van der Waals surface area contributed by atoms with Gasteiger partial charge < -0.3 is 14.2 Å². The third kappa shape index (κ3) is 68.0. The predicted molar refractivity (Wildman–Crippen MR) is 353 cm³/mol. The standard InChI is InChI=1S/C75H138O6/c1-4-7-10-13-16-19-22-25-27-29-31-33-35-37-39-41-43-45-47-50-53-56-59-62-65-68-74(77)80-71-72(70-79-73(76)67-64-61-58-55-52-49-24-21-18-15-12-9-6-3)81-75(78)69-66-63-60-57-54-51-48-46-44-42-40-38-36-34-32-30-28-26-23-20-17-14-11-8-5-2/h12,15,21,24,29-32,72H,4-11,13-14,16-20,22-23,25-28,33-71H2,1-3H3/b15-12-,24-21-,31-29-,32-30-. The SMILES string of the molecule is CCC/C=C\C/C=C\CCCCCCCC(=O)OCC(COC(=O)CCCCCCCCCCCCCCC/C=C\CCCCCCCCCC)OC(=O)CCCCCCCCCCCCCCC/C=C\CCCCCCCCCC. The fourth-order valence-electron chi connectivity index (χ4n) is 10.8. The second-order valence-corrected chi connectivity index (χ2v) is 24.5. The third-order valence-corrected chi connectivity index (χ3v) is 16.3. The topological polar surface area (TPSA) is 78.9 Å². The van der Waals surface area contributed by atoms with Crippen LogP contribution < -0.4 is 0 Å². The Morgan fingerprint density at radius 2 is 0.469 bits per heavy atom. The molecule has 0 aliphatic rings. The summed E-state index contributed by atoms with van der Waals surface area (Å²) >= 11 is 0. The molecular weight excluding hydrogens is 997 g/mol. The monoisotopic (exact) mass is 1140 g/mol. The molecule has 6 heteroatoms. The molecule has 0 amide bonds. The highest BCUT2D eigenvalue weighted by atomic mass is 16.6. The van der Waals surface area contributed by atoms with Crippen molar-refractivity contribution in [3.8, 4) is 0 Å². The van der Waals surface area contributed by atoms with Crippen LogP contribution in [0.1, 0.15) is 393 Å². The van der Waals surface area contributed by atoms with Gasteiger partial charge in [0.15, 0.2) is 6.10 Å². The van der Waals surface area contributed by atoms with Gasteiger partial charge in [-0.1, -0.05) is 326 Å². The molecule has 81 heavy (non-hydrogen) atoms. The maximum Gasteiger partial charge on any atom is 0.306 e. The number of unbranched alkanes of at least 4 members (excludes halogenated alkanes) is 48. The molecule has 0 radical (unpaired) electrons. The maximum absolute atomic E-state index is 13.0. The van der Waals surface area contributed by atoms with Gasteiger partial charge in [0, 0.05) is 19.3 Å². The van der Waals surface area contributed by atoms with E-state index in [9.17, 15) is 14.4 Å². The third-order valence-electron chi connectivity index (χ3n) is 16.3. The molecule has 0 fully saturated rings. The Balaban J connectivity index is 4.23. The Morgan fingerprint density at radius 1 is 0.247 bits per heavy atom. The molecule has 0 N–H and O–H groups in total. The number of carbonyl (C=O) groups excluding carboxylic acids is 3. The summed E-state index contributed by atoms with van der Waals surface area (Å²) in [6.07, 6.45) is 88.6. The number of carbonyl (C=O) groups is 3. The van der Waals surface area contributed by atoms with Crippen molar-refractivity contribution in [2.75, 3.05) is 13.2 Å². The summed E-state index contributed by atoms with van der Waals surface area (Å²) in [5.41, 5.74) is 0. The van der Waals surface area contributed by atoms with Gasteiger partial charge >= 0.3 is 17.9 Å². The van der Waals surface area contributed by atoms with E-state index in [4.69, 9.17) is 14.2 Å². The molecule has 0 aliphatic carbocycles. The average molecular weight is 1140 g/mol. The summed E-state index contributed by atoms with van der Waals surface area (Å²) in [7, 11) is 0. The van der Waals surface area contributed by atoms with Gasteiger partial charge in [-0.2, -0.15) is 0 Å². The van der Waals surface area contributed by atoms with E-state index >= 15 is 0 Å². The number of ether oxygens (including phenoxy) is 3. The molecule has 0 aromatic heterocycles. The van der Waals surface area contributed by atoms with Gasteiger partial charge in [0.25, 0.3) is 0 Å². The summed E-state index contributed by atoms with van der Waals surface area (Å²) in [5.74, 6) is -0.864. The number of esters is 3. The van der Waals surface area contributed by atoms with E-state index < -0.39 is 6.10 Å². The second kappa shape index (κ2) is 69.9. The number of rotatable bonds is 67.